The van der Waals surface area contributed by atoms with Crippen LogP contribution in [0.3, 0.4) is 0 Å². The normalized spacial score (nSPS) is 10.1. The summed E-state index contributed by atoms with van der Waals surface area (Å²) < 4.78 is 0. The van der Waals surface area contributed by atoms with Gasteiger partial charge < -0.3 is 5.32 Å². The minimum Gasteiger partial charge on any atom is -0.359 e. The van der Waals surface area contributed by atoms with Gasteiger partial charge in [-0.25, -0.2) is 0 Å². The van der Waals surface area contributed by atoms with Gasteiger partial charge in [-0.2, -0.15) is 0 Å². The second kappa shape index (κ2) is 5.72. The fourth-order valence-corrected chi connectivity index (χ4v) is 2.36. The van der Waals surface area contributed by atoms with Crippen molar-refractivity contribution < 1.29 is 0 Å². The lowest BCUT2D eigenvalue weighted by molar-refractivity contribution is 1.07. The third-order valence-electron chi connectivity index (χ3n) is 1.75. The van der Waals surface area contributed by atoms with Crippen LogP contribution < -0.4 is 5.32 Å². The van der Waals surface area contributed by atoms with Gasteiger partial charge in [0.2, 0.25) is 5.13 Å². The molecule has 0 saturated heterocycles. The fourth-order valence-electron chi connectivity index (χ4n) is 1.09. The number of hydrogen-bond donors (Lipinski definition) is 1. The van der Waals surface area contributed by atoms with Crippen molar-refractivity contribution in [2.75, 3.05) is 17.6 Å². The van der Waals surface area contributed by atoms with Gasteiger partial charge in [0.05, 0.1) is 0 Å². The number of nitrogens with one attached hydrogen (secondary N) is 1. The highest BCUT2D eigenvalue weighted by molar-refractivity contribution is 7.99. The fraction of sp³-hybridized carbons (Fsp3) is 0.200. The van der Waals surface area contributed by atoms with Crippen molar-refractivity contribution in [3.63, 3.8) is 0 Å². The zero-order valence-electron chi connectivity index (χ0n) is 8.09. The Hall–Kier alpha value is -1.07. The summed E-state index contributed by atoms with van der Waals surface area (Å²) in [4.78, 5) is 1.30. The molecule has 0 aliphatic carbocycles. The molecule has 0 aliphatic heterocycles. The predicted octanol–water partition coefficient (Wildman–Crippen LogP) is 2.74. The molecule has 1 N–H and O–H groups in total. The Labute approximate surface area is 96.9 Å². The molecule has 1 aromatic carbocycles. The maximum atomic E-state index is 3.91. The molecule has 0 saturated carbocycles. The van der Waals surface area contributed by atoms with Crippen LogP contribution in [0, 0.1) is 0 Å². The summed E-state index contributed by atoms with van der Waals surface area (Å²) in [7, 11) is 0. The van der Waals surface area contributed by atoms with Gasteiger partial charge in [-0.05, 0) is 12.1 Å². The number of nitrogens with zero attached hydrogens (tertiary/aromatic N) is 2. The van der Waals surface area contributed by atoms with Gasteiger partial charge in [0.25, 0.3) is 0 Å². The summed E-state index contributed by atoms with van der Waals surface area (Å²) in [5, 5.41) is 11.8. The van der Waals surface area contributed by atoms with Crippen LogP contribution in [-0.2, 0) is 0 Å². The highest BCUT2D eigenvalue weighted by atomic mass is 32.2. The van der Waals surface area contributed by atoms with E-state index in [1.165, 1.54) is 16.2 Å². The van der Waals surface area contributed by atoms with E-state index in [1.54, 1.807) is 5.51 Å². The lowest BCUT2D eigenvalue weighted by Gasteiger charge is -2.01. The summed E-state index contributed by atoms with van der Waals surface area (Å²) in [6.45, 7) is 0.911. The number of rotatable bonds is 5. The third kappa shape index (κ3) is 3.53. The van der Waals surface area contributed by atoms with Crippen molar-refractivity contribution in [1.82, 2.24) is 10.2 Å². The predicted molar refractivity (Wildman–Crippen MR) is 65.6 cm³/mol. The zero-order valence-corrected chi connectivity index (χ0v) is 9.72. The quantitative estimate of drug-likeness (QED) is 0.641. The van der Waals surface area contributed by atoms with Gasteiger partial charge in [0, 0.05) is 17.2 Å². The Morgan fingerprint density at radius 1 is 1.27 bits per heavy atom. The molecule has 0 amide bonds. The van der Waals surface area contributed by atoms with E-state index in [9.17, 15) is 0 Å². The van der Waals surface area contributed by atoms with Crippen LogP contribution in [0.4, 0.5) is 5.13 Å². The van der Waals surface area contributed by atoms with Gasteiger partial charge in [-0.3, -0.25) is 0 Å². The highest BCUT2D eigenvalue weighted by Gasteiger charge is 1.95. The number of aromatic nitrogens is 2. The van der Waals surface area contributed by atoms with Crippen LogP contribution in [0.5, 0.6) is 0 Å². The maximum Gasteiger partial charge on any atom is 0.205 e. The molecular formula is C10H11N3S2. The van der Waals surface area contributed by atoms with E-state index in [1.807, 2.05) is 17.8 Å². The lowest BCUT2D eigenvalue weighted by atomic mass is 10.4. The monoisotopic (exact) mass is 237 g/mol. The summed E-state index contributed by atoms with van der Waals surface area (Å²) in [5.74, 6) is 1.03. The Balaban J connectivity index is 1.68. The molecule has 5 heteroatoms. The van der Waals surface area contributed by atoms with E-state index in [2.05, 4.69) is 39.8 Å². The molecule has 78 valence electrons. The molecule has 0 radical (unpaired) electrons. The first-order valence-corrected chi connectivity index (χ1v) is 6.49. The van der Waals surface area contributed by atoms with Crippen molar-refractivity contribution in [3.05, 3.63) is 35.8 Å². The Morgan fingerprint density at radius 2 is 2.13 bits per heavy atom. The van der Waals surface area contributed by atoms with Crippen molar-refractivity contribution in [2.24, 2.45) is 0 Å². The minimum atomic E-state index is 0.892. The first-order chi connectivity index (χ1) is 7.45. The van der Waals surface area contributed by atoms with Gasteiger partial charge >= 0.3 is 0 Å². The van der Waals surface area contributed by atoms with Crippen molar-refractivity contribution in [1.29, 1.82) is 0 Å². The molecule has 1 aromatic heterocycles. The molecule has 15 heavy (non-hydrogen) atoms. The molecule has 0 aliphatic rings. The molecule has 3 nitrogen and oxygen atoms in total. The second-order valence-corrected chi connectivity index (χ2v) is 4.83. The first-order valence-electron chi connectivity index (χ1n) is 4.63. The molecule has 2 aromatic rings. The largest absolute Gasteiger partial charge is 0.359 e. The van der Waals surface area contributed by atoms with E-state index in [0.29, 0.717) is 0 Å². The molecular weight excluding hydrogens is 226 g/mol. The summed E-state index contributed by atoms with van der Waals surface area (Å²) in [5.41, 5.74) is 1.73. The van der Waals surface area contributed by atoms with E-state index in [-0.39, 0.29) is 0 Å². The average molecular weight is 237 g/mol. The van der Waals surface area contributed by atoms with Crippen LogP contribution in [0.15, 0.2) is 40.7 Å². The lowest BCUT2D eigenvalue weighted by Crippen LogP contribution is -2.03. The van der Waals surface area contributed by atoms with Crippen LogP contribution >= 0.6 is 23.1 Å². The van der Waals surface area contributed by atoms with Crippen LogP contribution in [-0.4, -0.2) is 22.5 Å². The van der Waals surface area contributed by atoms with Crippen LogP contribution in [0.1, 0.15) is 0 Å². The van der Waals surface area contributed by atoms with Gasteiger partial charge in [-0.1, -0.05) is 29.5 Å². The Morgan fingerprint density at radius 3 is 2.87 bits per heavy atom. The summed E-state index contributed by atoms with van der Waals surface area (Å²) in [6.07, 6.45) is 0. The third-order valence-corrected chi connectivity index (χ3v) is 3.41. The summed E-state index contributed by atoms with van der Waals surface area (Å²) >= 11 is 3.36. The SMILES string of the molecule is c1ccc(SCCNc2nncs2)cc1. The van der Waals surface area contributed by atoms with E-state index in [4.69, 9.17) is 0 Å². The summed E-state index contributed by atoms with van der Waals surface area (Å²) in [6, 6.07) is 10.4. The molecule has 2 rings (SSSR count). The van der Waals surface area contributed by atoms with Crippen LogP contribution in [0.2, 0.25) is 0 Å². The molecule has 0 fully saturated rings. The van der Waals surface area contributed by atoms with E-state index >= 15 is 0 Å². The molecule has 0 atom stereocenters. The Kier molecular flexibility index (Phi) is 3.99. The molecule has 0 unspecified atom stereocenters. The first kappa shape index (κ1) is 10.4. The van der Waals surface area contributed by atoms with Crippen molar-refractivity contribution >= 4 is 28.2 Å². The topological polar surface area (TPSA) is 37.8 Å². The minimum absolute atomic E-state index is 0.892. The van der Waals surface area contributed by atoms with Gasteiger partial charge in [0.1, 0.15) is 5.51 Å². The zero-order chi connectivity index (χ0) is 10.3. The molecule has 0 spiro atoms. The standard InChI is InChI=1S/C10H11N3S2/c1-2-4-9(5-3-1)14-7-6-11-10-13-12-8-15-10/h1-5,8H,6-7H2,(H,11,13). The average Bonchev–Trinajstić information content (AvgIpc) is 2.79. The van der Waals surface area contributed by atoms with Crippen molar-refractivity contribution in [2.45, 2.75) is 4.90 Å². The number of thioether (sulfide) groups is 1. The smallest absolute Gasteiger partial charge is 0.205 e. The Bertz CT molecular complexity index is 375. The number of anilines is 1. The second-order valence-electron chi connectivity index (χ2n) is 2.83. The van der Waals surface area contributed by atoms with E-state index in [0.717, 1.165) is 17.4 Å². The van der Waals surface area contributed by atoms with E-state index < -0.39 is 0 Å². The number of benzene rings is 1. The maximum absolute atomic E-state index is 3.91. The number of hydrogen-bond acceptors (Lipinski definition) is 5. The molecule has 1 heterocycles. The van der Waals surface area contributed by atoms with Gasteiger partial charge in [0.15, 0.2) is 0 Å². The van der Waals surface area contributed by atoms with Gasteiger partial charge in [-0.15, -0.1) is 22.0 Å². The highest BCUT2D eigenvalue weighted by Crippen LogP contribution is 2.16. The van der Waals surface area contributed by atoms with Crippen LogP contribution in [0.25, 0.3) is 0 Å². The van der Waals surface area contributed by atoms with Crippen molar-refractivity contribution in [3.8, 4) is 0 Å². The molecule has 0 bridgehead atoms.